The highest BCUT2D eigenvalue weighted by Crippen LogP contribution is 2.10. The molecule has 144 valence electrons. The highest BCUT2D eigenvalue weighted by atomic mass is 16.5. The maximum Gasteiger partial charge on any atom is 0.225 e. The molecule has 0 saturated carbocycles. The third-order valence-corrected chi connectivity index (χ3v) is 4.33. The van der Waals surface area contributed by atoms with Crippen LogP contribution in [-0.2, 0) is 0 Å². The topological polar surface area (TPSA) is 65.9 Å². The number of aromatic nitrogens is 2. The van der Waals surface area contributed by atoms with Gasteiger partial charge in [-0.15, -0.1) is 0 Å². The first-order chi connectivity index (χ1) is 13.4. The third kappa shape index (κ3) is 5.84. The molecule has 0 bridgehead atoms. The quantitative estimate of drug-likeness (QED) is 0.458. The van der Waals surface area contributed by atoms with Crippen LogP contribution < -0.4 is 15.0 Å². The lowest BCUT2D eigenvalue weighted by Gasteiger charge is -2.36. The van der Waals surface area contributed by atoms with Crippen molar-refractivity contribution < 1.29 is 4.74 Å². The summed E-state index contributed by atoms with van der Waals surface area (Å²) in [5.41, 5.74) is 0. The Labute approximate surface area is 161 Å². The van der Waals surface area contributed by atoms with Gasteiger partial charge in [-0.2, -0.15) is 0 Å². The number of guanidine groups is 1. The van der Waals surface area contributed by atoms with Crippen LogP contribution in [0.15, 0.2) is 53.8 Å². The molecule has 1 aliphatic rings. The molecule has 1 saturated heterocycles. The Bertz CT molecular complexity index is 686. The van der Waals surface area contributed by atoms with E-state index in [9.17, 15) is 0 Å². The van der Waals surface area contributed by atoms with Crippen LogP contribution in [0.1, 0.15) is 13.3 Å². The van der Waals surface area contributed by atoms with Crippen LogP contribution in [0.2, 0.25) is 0 Å². The lowest BCUT2D eigenvalue weighted by atomic mass is 10.3. The summed E-state index contributed by atoms with van der Waals surface area (Å²) in [5.74, 6) is 2.69. The Hall–Kier alpha value is -2.83. The number of para-hydroxylation sites is 1. The molecule has 3 rings (SSSR count). The van der Waals surface area contributed by atoms with E-state index in [1.54, 1.807) is 12.4 Å². The lowest BCUT2D eigenvalue weighted by molar-refractivity contribution is 0.312. The van der Waals surface area contributed by atoms with Gasteiger partial charge in [-0.05, 0) is 25.1 Å². The van der Waals surface area contributed by atoms with Gasteiger partial charge in [0.2, 0.25) is 5.95 Å². The van der Waals surface area contributed by atoms with Crippen LogP contribution in [0, 0.1) is 0 Å². The van der Waals surface area contributed by atoms with Gasteiger partial charge in [0.05, 0.1) is 6.61 Å². The van der Waals surface area contributed by atoms with E-state index in [0.29, 0.717) is 6.61 Å². The zero-order chi connectivity index (χ0) is 18.7. The van der Waals surface area contributed by atoms with Crippen molar-refractivity contribution in [3.05, 3.63) is 48.8 Å². The number of hydrogen-bond donors (Lipinski definition) is 1. The predicted molar refractivity (Wildman–Crippen MR) is 108 cm³/mol. The SMILES string of the molecule is CCNC(=NCCCOc1ccccc1)N1CCN(c2ncccn2)CC1. The van der Waals surface area contributed by atoms with Crippen molar-refractivity contribution in [1.29, 1.82) is 0 Å². The summed E-state index contributed by atoms with van der Waals surface area (Å²) in [5, 5.41) is 3.40. The van der Waals surface area contributed by atoms with E-state index >= 15 is 0 Å². The van der Waals surface area contributed by atoms with Crippen molar-refractivity contribution in [1.82, 2.24) is 20.2 Å². The molecule has 7 nitrogen and oxygen atoms in total. The maximum absolute atomic E-state index is 5.73. The second-order valence-electron chi connectivity index (χ2n) is 6.27. The Morgan fingerprint density at radius 3 is 2.52 bits per heavy atom. The monoisotopic (exact) mass is 368 g/mol. The van der Waals surface area contributed by atoms with E-state index in [1.807, 2.05) is 36.4 Å². The zero-order valence-corrected chi connectivity index (χ0v) is 15.9. The van der Waals surface area contributed by atoms with Gasteiger partial charge < -0.3 is 19.9 Å². The van der Waals surface area contributed by atoms with Crippen LogP contribution in [0.3, 0.4) is 0 Å². The van der Waals surface area contributed by atoms with Crippen molar-refractivity contribution in [2.24, 2.45) is 4.99 Å². The average Bonchev–Trinajstić information content (AvgIpc) is 2.74. The molecule has 2 heterocycles. The molecule has 1 fully saturated rings. The van der Waals surface area contributed by atoms with Crippen molar-refractivity contribution in [2.75, 3.05) is 50.8 Å². The van der Waals surface area contributed by atoms with Gasteiger partial charge >= 0.3 is 0 Å². The first kappa shape index (κ1) is 18.9. The summed E-state index contributed by atoms with van der Waals surface area (Å²) in [7, 11) is 0. The van der Waals surface area contributed by atoms with Gasteiger partial charge in [-0.1, -0.05) is 18.2 Å². The molecule has 0 atom stereocenters. The molecule has 2 aromatic rings. The molecule has 0 radical (unpaired) electrons. The molecule has 27 heavy (non-hydrogen) atoms. The Morgan fingerprint density at radius 1 is 1.07 bits per heavy atom. The van der Waals surface area contributed by atoms with Gasteiger partial charge in [0.15, 0.2) is 5.96 Å². The first-order valence-electron chi connectivity index (χ1n) is 9.60. The van der Waals surface area contributed by atoms with Gasteiger partial charge in [0, 0.05) is 58.1 Å². The number of aliphatic imine (C=N–C) groups is 1. The minimum Gasteiger partial charge on any atom is -0.494 e. The van der Waals surface area contributed by atoms with E-state index in [-0.39, 0.29) is 0 Å². The molecule has 1 aliphatic heterocycles. The largest absolute Gasteiger partial charge is 0.494 e. The molecule has 0 spiro atoms. The minimum atomic E-state index is 0.673. The van der Waals surface area contributed by atoms with E-state index in [2.05, 4.69) is 32.0 Å². The van der Waals surface area contributed by atoms with Gasteiger partial charge in [0.1, 0.15) is 5.75 Å². The summed E-state index contributed by atoms with van der Waals surface area (Å²) in [6.07, 6.45) is 4.47. The number of rotatable bonds is 7. The summed E-state index contributed by atoms with van der Waals surface area (Å²) in [6, 6.07) is 11.8. The number of hydrogen-bond acceptors (Lipinski definition) is 5. The van der Waals surface area contributed by atoms with Crippen molar-refractivity contribution in [3.63, 3.8) is 0 Å². The van der Waals surface area contributed by atoms with E-state index in [1.165, 1.54) is 0 Å². The van der Waals surface area contributed by atoms with Gasteiger partial charge in [0.25, 0.3) is 0 Å². The zero-order valence-electron chi connectivity index (χ0n) is 15.9. The fraction of sp³-hybridized carbons (Fsp3) is 0.450. The second kappa shape index (κ2) is 10.4. The molecule has 1 N–H and O–H groups in total. The lowest BCUT2D eigenvalue weighted by Crippen LogP contribution is -2.53. The first-order valence-corrected chi connectivity index (χ1v) is 9.60. The van der Waals surface area contributed by atoms with Crippen LogP contribution in [0.4, 0.5) is 5.95 Å². The summed E-state index contributed by atoms with van der Waals surface area (Å²) < 4.78 is 5.73. The number of piperazine rings is 1. The third-order valence-electron chi connectivity index (χ3n) is 4.33. The summed E-state index contributed by atoms with van der Waals surface area (Å²) in [6.45, 7) is 7.99. The Kier molecular flexibility index (Phi) is 7.26. The normalized spacial score (nSPS) is 14.9. The number of anilines is 1. The number of nitrogens with zero attached hydrogens (tertiary/aromatic N) is 5. The molecule has 0 amide bonds. The molecule has 7 heteroatoms. The van der Waals surface area contributed by atoms with Crippen LogP contribution in [0.25, 0.3) is 0 Å². The van der Waals surface area contributed by atoms with Crippen LogP contribution >= 0.6 is 0 Å². The van der Waals surface area contributed by atoms with Crippen molar-refractivity contribution in [3.8, 4) is 5.75 Å². The van der Waals surface area contributed by atoms with Gasteiger partial charge in [-0.3, -0.25) is 4.99 Å². The second-order valence-corrected chi connectivity index (χ2v) is 6.27. The smallest absolute Gasteiger partial charge is 0.225 e. The molecule has 1 aromatic carbocycles. The summed E-state index contributed by atoms with van der Waals surface area (Å²) >= 11 is 0. The fourth-order valence-electron chi connectivity index (χ4n) is 2.95. The van der Waals surface area contributed by atoms with E-state index in [0.717, 1.165) is 63.3 Å². The Balaban J connectivity index is 1.45. The van der Waals surface area contributed by atoms with Gasteiger partial charge in [-0.25, -0.2) is 9.97 Å². The number of nitrogens with one attached hydrogen (secondary N) is 1. The van der Waals surface area contributed by atoms with E-state index < -0.39 is 0 Å². The Morgan fingerprint density at radius 2 is 1.81 bits per heavy atom. The van der Waals surface area contributed by atoms with Crippen LogP contribution in [-0.4, -0.2) is 66.7 Å². The molecular formula is C20H28N6O. The molecular weight excluding hydrogens is 340 g/mol. The predicted octanol–water partition coefficient (Wildman–Crippen LogP) is 2.03. The highest BCUT2D eigenvalue weighted by molar-refractivity contribution is 5.80. The average molecular weight is 368 g/mol. The number of benzene rings is 1. The summed E-state index contributed by atoms with van der Waals surface area (Å²) in [4.78, 5) is 18.0. The molecule has 0 aliphatic carbocycles. The van der Waals surface area contributed by atoms with Crippen molar-refractivity contribution >= 4 is 11.9 Å². The highest BCUT2D eigenvalue weighted by Gasteiger charge is 2.20. The maximum atomic E-state index is 5.73. The van der Waals surface area contributed by atoms with E-state index in [4.69, 9.17) is 9.73 Å². The van der Waals surface area contributed by atoms with Crippen LogP contribution in [0.5, 0.6) is 5.75 Å². The molecule has 1 aromatic heterocycles. The molecule has 0 unspecified atom stereocenters. The minimum absolute atomic E-state index is 0.673. The number of ether oxygens (including phenoxy) is 1. The fourth-order valence-corrected chi connectivity index (χ4v) is 2.95. The van der Waals surface area contributed by atoms with Crippen molar-refractivity contribution in [2.45, 2.75) is 13.3 Å². The standard InChI is InChI=1S/C20H28N6O/c1-2-21-19(24-12-7-17-27-18-8-4-3-5-9-18)25-13-15-26(16-14-25)20-22-10-6-11-23-20/h3-6,8-11H,2,7,12-17H2,1H3,(H,21,24).